The lowest BCUT2D eigenvalue weighted by Gasteiger charge is -2.30. The Morgan fingerprint density at radius 2 is 0.860 bits per heavy atom. The molecule has 2 N–H and O–H groups in total. The van der Waals surface area contributed by atoms with Crippen molar-refractivity contribution in [3.63, 3.8) is 0 Å². The minimum atomic E-state index is -4.56. The van der Waals surface area contributed by atoms with Crippen LogP contribution in [0.1, 0.15) is 251 Å². The molecule has 0 fully saturated rings. The Bertz CT molecular complexity index is 901. The number of quaternary nitrogens is 1. The van der Waals surface area contributed by atoms with E-state index in [1.54, 1.807) is 0 Å². The van der Waals surface area contributed by atoms with Gasteiger partial charge in [0.05, 0.1) is 39.9 Å². The maximum atomic E-state index is 12.9. The number of phosphoric acid groups is 1. The van der Waals surface area contributed by atoms with Gasteiger partial charge in [0.25, 0.3) is 7.82 Å². The summed E-state index contributed by atoms with van der Waals surface area (Å²) in [6.45, 7) is 4.75. The molecule has 0 saturated carbocycles. The maximum absolute atomic E-state index is 12.9. The Balaban J connectivity index is 4.20. The van der Waals surface area contributed by atoms with E-state index in [2.05, 4.69) is 19.2 Å². The molecule has 1 amide bonds. The van der Waals surface area contributed by atoms with Gasteiger partial charge >= 0.3 is 0 Å². The quantitative estimate of drug-likeness (QED) is 0.0359. The van der Waals surface area contributed by atoms with Crippen molar-refractivity contribution in [1.82, 2.24) is 5.32 Å². The molecule has 0 aromatic carbocycles. The second-order valence-electron chi connectivity index (χ2n) is 18.5. The van der Waals surface area contributed by atoms with Gasteiger partial charge in [0.1, 0.15) is 13.2 Å². The van der Waals surface area contributed by atoms with Gasteiger partial charge in [-0.25, -0.2) is 0 Å². The number of unbranched alkanes of at least 4 members (excludes halogenated alkanes) is 33. The second kappa shape index (κ2) is 40.9. The summed E-state index contributed by atoms with van der Waals surface area (Å²) in [5, 5.41) is 13.9. The fourth-order valence-electron chi connectivity index (χ4n) is 7.63. The summed E-state index contributed by atoms with van der Waals surface area (Å²) in [6, 6.07) is -0.793. The van der Waals surface area contributed by atoms with E-state index >= 15 is 0 Å². The molecule has 57 heavy (non-hydrogen) atoms. The normalized spacial score (nSPS) is 14.2. The smallest absolute Gasteiger partial charge is 0.268 e. The molecule has 0 aromatic rings. The SMILES string of the molecule is CCCCCCCCCCCCCCCCCCCCCCCC(=O)NC(COP(=O)([O-])OCC[N+](C)(C)C)C(O)CCCCCCCCCCCCCCCC. The number of aliphatic hydroxyl groups is 1. The number of rotatable bonds is 46. The van der Waals surface area contributed by atoms with Crippen LogP contribution >= 0.6 is 7.82 Å². The van der Waals surface area contributed by atoms with Crippen molar-refractivity contribution in [2.75, 3.05) is 40.9 Å². The zero-order valence-electron chi connectivity index (χ0n) is 38.8. The average molecular weight is 831 g/mol. The van der Waals surface area contributed by atoms with Gasteiger partial charge in [-0.1, -0.05) is 232 Å². The molecule has 3 unspecified atom stereocenters. The first-order chi connectivity index (χ1) is 27.5. The average Bonchev–Trinajstić information content (AvgIpc) is 3.16. The molecule has 0 rings (SSSR count). The number of nitrogens with one attached hydrogen (secondary N) is 1. The van der Waals surface area contributed by atoms with Gasteiger partial charge in [0.15, 0.2) is 0 Å². The Labute approximate surface area is 355 Å². The van der Waals surface area contributed by atoms with Crippen molar-refractivity contribution in [3.8, 4) is 0 Å². The molecule has 9 heteroatoms. The highest BCUT2D eigenvalue weighted by molar-refractivity contribution is 7.45. The van der Waals surface area contributed by atoms with Gasteiger partial charge in [0.2, 0.25) is 5.91 Å². The number of aliphatic hydroxyl groups excluding tert-OH is 1. The van der Waals surface area contributed by atoms with Crippen LogP contribution in [0.5, 0.6) is 0 Å². The fourth-order valence-corrected chi connectivity index (χ4v) is 8.35. The first-order valence-electron chi connectivity index (χ1n) is 24.9. The third-order valence-corrected chi connectivity index (χ3v) is 12.6. The highest BCUT2D eigenvalue weighted by Gasteiger charge is 2.24. The lowest BCUT2D eigenvalue weighted by Crippen LogP contribution is -2.46. The maximum Gasteiger partial charge on any atom is 0.268 e. The molecule has 0 aliphatic carbocycles. The monoisotopic (exact) mass is 831 g/mol. The third-order valence-electron chi connectivity index (χ3n) is 11.6. The highest BCUT2D eigenvalue weighted by atomic mass is 31.2. The summed E-state index contributed by atoms with van der Waals surface area (Å²) in [4.78, 5) is 25.4. The molecule has 0 heterocycles. The zero-order chi connectivity index (χ0) is 42.1. The number of carbonyl (C=O) groups is 1. The predicted molar refractivity (Wildman–Crippen MR) is 243 cm³/mol. The molecule has 8 nitrogen and oxygen atoms in total. The summed E-state index contributed by atoms with van der Waals surface area (Å²) in [5.74, 6) is -0.159. The predicted octanol–water partition coefficient (Wildman–Crippen LogP) is 13.5. The van der Waals surface area contributed by atoms with Crippen LogP contribution in [0, 0.1) is 0 Å². The molecule has 342 valence electrons. The highest BCUT2D eigenvalue weighted by Crippen LogP contribution is 2.38. The van der Waals surface area contributed by atoms with E-state index in [0.717, 1.165) is 38.5 Å². The zero-order valence-corrected chi connectivity index (χ0v) is 39.7. The standard InChI is InChI=1S/C48H99N2O6P/c1-6-8-10-12-14-16-18-20-22-23-24-25-26-27-28-30-32-34-36-38-40-42-48(52)49-46(45-56-57(53,54)55-44-43-50(3,4)5)47(51)41-39-37-35-33-31-29-21-19-17-15-13-11-9-7-2/h46-47,51H,6-45H2,1-5H3,(H-,49,52,53,54). The van der Waals surface area contributed by atoms with Gasteiger partial charge < -0.3 is 28.8 Å². The van der Waals surface area contributed by atoms with Crippen molar-refractivity contribution in [2.45, 2.75) is 264 Å². The molecule has 3 atom stereocenters. The van der Waals surface area contributed by atoms with E-state index in [1.807, 2.05) is 21.1 Å². The molecule has 0 radical (unpaired) electrons. The molecule has 0 saturated heterocycles. The molecule has 0 aliphatic heterocycles. The van der Waals surface area contributed by atoms with Crippen LogP contribution in [0.25, 0.3) is 0 Å². The number of amides is 1. The summed E-state index contributed by atoms with van der Waals surface area (Å²) in [6.07, 6.45) is 45.4. The van der Waals surface area contributed by atoms with E-state index in [4.69, 9.17) is 9.05 Å². The first kappa shape index (κ1) is 56.5. The van der Waals surface area contributed by atoms with E-state index < -0.39 is 20.0 Å². The van der Waals surface area contributed by atoms with Crippen molar-refractivity contribution < 1.29 is 32.9 Å². The minimum absolute atomic E-state index is 0.0162. The lowest BCUT2D eigenvalue weighted by molar-refractivity contribution is -0.870. The van der Waals surface area contributed by atoms with E-state index in [-0.39, 0.29) is 19.1 Å². The van der Waals surface area contributed by atoms with Crippen molar-refractivity contribution >= 4 is 13.7 Å². The van der Waals surface area contributed by atoms with Crippen LogP contribution in [0.15, 0.2) is 0 Å². The minimum Gasteiger partial charge on any atom is -0.756 e. The van der Waals surface area contributed by atoms with Crippen molar-refractivity contribution in [3.05, 3.63) is 0 Å². The Morgan fingerprint density at radius 1 is 0.544 bits per heavy atom. The number of phosphoric ester groups is 1. The van der Waals surface area contributed by atoms with Gasteiger partial charge in [-0.3, -0.25) is 9.36 Å². The lowest BCUT2D eigenvalue weighted by atomic mass is 10.0. The molecular formula is C48H99N2O6P. The van der Waals surface area contributed by atoms with E-state index in [9.17, 15) is 19.4 Å². The van der Waals surface area contributed by atoms with Crippen LogP contribution < -0.4 is 10.2 Å². The summed E-state index contributed by atoms with van der Waals surface area (Å²) in [7, 11) is 1.32. The van der Waals surface area contributed by atoms with Crippen LogP contribution in [0.4, 0.5) is 0 Å². The number of likely N-dealkylation sites (N-methyl/N-ethyl adjacent to an activating group) is 1. The Kier molecular flexibility index (Phi) is 40.5. The molecule has 0 aliphatic rings. The van der Waals surface area contributed by atoms with Crippen molar-refractivity contribution in [1.29, 1.82) is 0 Å². The third kappa shape index (κ3) is 43.4. The largest absolute Gasteiger partial charge is 0.756 e. The molecule has 0 spiro atoms. The summed E-state index contributed by atoms with van der Waals surface area (Å²) >= 11 is 0. The summed E-state index contributed by atoms with van der Waals surface area (Å²) < 4.78 is 23.3. The van der Waals surface area contributed by atoms with Crippen molar-refractivity contribution in [2.24, 2.45) is 0 Å². The van der Waals surface area contributed by atoms with Gasteiger partial charge in [-0.05, 0) is 12.8 Å². The van der Waals surface area contributed by atoms with Crippen LogP contribution in [0.3, 0.4) is 0 Å². The second-order valence-corrected chi connectivity index (χ2v) is 19.9. The fraction of sp³-hybridized carbons (Fsp3) is 0.979. The number of nitrogens with zero attached hydrogens (tertiary/aromatic N) is 1. The molecular weight excluding hydrogens is 732 g/mol. The Morgan fingerprint density at radius 3 is 1.19 bits per heavy atom. The van der Waals surface area contributed by atoms with E-state index in [0.29, 0.717) is 23.9 Å². The van der Waals surface area contributed by atoms with Gasteiger partial charge in [-0.2, -0.15) is 0 Å². The molecule has 0 aromatic heterocycles. The topological polar surface area (TPSA) is 108 Å². The number of carbonyl (C=O) groups excluding carboxylic acids is 1. The summed E-state index contributed by atoms with van der Waals surface area (Å²) in [5.41, 5.74) is 0. The molecule has 0 bridgehead atoms. The van der Waals surface area contributed by atoms with Gasteiger partial charge in [-0.15, -0.1) is 0 Å². The van der Waals surface area contributed by atoms with Crippen LogP contribution in [-0.4, -0.2) is 68.5 Å². The number of hydrogen-bond donors (Lipinski definition) is 2. The Hall–Kier alpha value is -0.500. The first-order valence-corrected chi connectivity index (χ1v) is 26.3. The van der Waals surface area contributed by atoms with E-state index in [1.165, 1.54) is 186 Å². The van der Waals surface area contributed by atoms with Crippen LogP contribution in [-0.2, 0) is 18.4 Å². The van der Waals surface area contributed by atoms with Gasteiger partial charge in [0, 0.05) is 6.42 Å². The van der Waals surface area contributed by atoms with Crippen LogP contribution in [0.2, 0.25) is 0 Å². The number of hydrogen-bond acceptors (Lipinski definition) is 6.